The van der Waals surface area contributed by atoms with E-state index in [-0.39, 0.29) is 0 Å². The van der Waals surface area contributed by atoms with E-state index in [2.05, 4.69) is 38.1 Å². The van der Waals surface area contributed by atoms with Gasteiger partial charge in [-0.3, -0.25) is 5.43 Å². The number of ether oxygens (including phenoxy) is 2. The van der Waals surface area contributed by atoms with E-state index in [1.165, 1.54) is 0 Å². The molecule has 1 heterocycles. The van der Waals surface area contributed by atoms with Gasteiger partial charge in [0.2, 0.25) is 5.13 Å². The Morgan fingerprint density at radius 3 is 2.74 bits per heavy atom. The molecule has 0 aliphatic rings. The van der Waals surface area contributed by atoms with Gasteiger partial charge in [0.05, 0.1) is 26.6 Å². The third kappa shape index (κ3) is 5.47. The van der Waals surface area contributed by atoms with Crippen LogP contribution in [0.2, 0.25) is 5.02 Å². The fourth-order valence-corrected chi connectivity index (χ4v) is 4.70. The minimum atomic E-state index is 0.363. The van der Waals surface area contributed by atoms with Crippen LogP contribution in [0.3, 0.4) is 0 Å². The molecule has 0 radical (unpaired) electrons. The second kappa shape index (κ2) is 10.3. The zero-order valence-electron chi connectivity index (χ0n) is 16.6. The highest BCUT2D eigenvalue weighted by molar-refractivity contribution is 14.1. The Labute approximate surface area is 203 Å². The third-order valence-corrected chi connectivity index (χ3v) is 6.44. The minimum absolute atomic E-state index is 0.363. The van der Waals surface area contributed by atoms with Crippen LogP contribution >= 0.6 is 45.5 Å². The van der Waals surface area contributed by atoms with Crippen molar-refractivity contribution in [3.8, 4) is 11.5 Å². The molecule has 5 nitrogen and oxygen atoms in total. The number of thiazole rings is 1. The van der Waals surface area contributed by atoms with E-state index in [0.717, 1.165) is 30.0 Å². The number of nitrogens with zero attached hydrogens (tertiary/aromatic N) is 2. The first-order valence-electron chi connectivity index (χ1n) is 9.61. The molecular formula is C23H19ClIN3O2S. The molecule has 0 atom stereocenters. The fourth-order valence-electron chi connectivity index (χ4n) is 2.91. The van der Waals surface area contributed by atoms with Crippen molar-refractivity contribution in [1.29, 1.82) is 0 Å². The average molecular weight is 564 g/mol. The van der Waals surface area contributed by atoms with Crippen molar-refractivity contribution in [3.05, 3.63) is 80.4 Å². The first-order valence-corrected chi connectivity index (χ1v) is 11.9. The molecule has 1 N–H and O–H groups in total. The van der Waals surface area contributed by atoms with Crippen LogP contribution in [0.4, 0.5) is 5.13 Å². The highest BCUT2D eigenvalue weighted by Crippen LogP contribution is 2.35. The molecule has 4 aromatic rings. The van der Waals surface area contributed by atoms with E-state index in [1.807, 2.05) is 67.6 Å². The summed E-state index contributed by atoms with van der Waals surface area (Å²) in [7, 11) is 0. The van der Waals surface area contributed by atoms with Crippen molar-refractivity contribution < 1.29 is 9.47 Å². The van der Waals surface area contributed by atoms with Gasteiger partial charge in [0, 0.05) is 10.6 Å². The van der Waals surface area contributed by atoms with Crippen molar-refractivity contribution in [2.45, 2.75) is 13.5 Å². The molecule has 4 rings (SSSR count). The lowest BCUT2D eigenvalue weighted by Crippen LogP contribution is -2.03. The molecule has 0 unspecified atom stereocenters. The Hall–Kier alpha value is -2.36. The summed E-state index contributed by atoms with van der Waals surface area (Å²) >= 11 is 10.1. The molecule has 0 aliphatic carbocycles. The zero-order chi connectivity index (χ0) is 21.6. The van der Waals surface area contributed by atoms with Crippen molar-refractivity contribution in [2.75, 3.05) is 12.0 Å². The van der Waals surface area contributed by atoms with Gasteiger partial charge in [-0.1, -0.05) is 53.3 Å². The molecule has 0 spiro atoms. The van der Waals surface area contributed by atoms with Crippen LogP contribution in [-0.4, -0.2) is 17.8 Å². The van der Waals surface area contributed by atoms with E-state index in [0.29, 0.717) is 29.7 Å². The monoisotopic (exact) mass is 563 g/mol. The van der Waals surface area contributed by atoms with E-state index in [9.17, 15) is 0 Å². The molecule has 0 fully saturated rings. The standard InChI is InChI=1S/C23H19ClIN3O2S/c1-2-29-20-12-15(13-26-28-23-27-19-9-5-6-10-21(19)31-23)11-18(25)22(20)30-14-16-7-3-4-8-17(16)24/h3-13H,2,14H2,1H3,(H,27,28)/b26-13-. The summed E-state index contributed by atoms with van der Waals surface area (Å²) in [6, 6.07) is 19.6. The topological polar surface area (TPSA) is 55.7 Å². The van der Waals surface area contributed by atoms with E-state index < -0.39 is 0 Å². The SMILES string of the molecule is CCOc1cc(/C=N\Nc2nc3ccccc3s2)cc(I)c1OCc1ccccc1Cl. The molecule has 31 heavy (non-hydrogen) atoms. The number of hydrogen-bond donors (Lipinski definition) is 1. The summed E-state index contributed by atoms with van der Waals surface area (Å²) in [5, 5.41) is 5.77. The van der Waals surface area contributed by atoms with E-state index in [4.69, 9.17) is 21.1 Å². The summed E-state index contributed by atoms with van der Waals surface area (Å²) in [4.78, 5) is 4.52. The maximum atomic E-state index is 6.25. The minimum Gasteiger partial charge on any atom is -0.490 e. The second-order valence-electron chi connectivity index (χ2n) is 6.50. The summed E-state index contributed by atoms with van der Waals surface area (Å²) in [6.45, 7) is 2.84. The molecule has 0 amide bonds. The number of hydrazone groups is 1. The van der Waals surface area contributed by atoms with Crippen LogP contribution in [0.25, 0.3) is 10.2 Å². The first-order chi connectivity index (χ1) is 15.1. The van der Waals surface area contributed by atoms with Gasteiger partial charge in [-0.05, 0) is 65.4 Å². The highest BCUT2D eigenvalue weighted by atomic mass is 127. The van der Waals surface area contributed by atoms with Gasteiger partial charge in [0.1, 0.15) is 6.61 Å². The Balaban J connectivity index is 1.50. The number of rotatable bonds is 8. The molecule has 0 aliphatic heterocycles. The number of para-hydroxylation sites is 1. The summed E-state index contributed by atoms with van der Waals surface area (Å²) < 4.78 is 13.9. The largest absolute Gasteiger partial charge is 0.490 e. The predicted octanol–water partition coefficient (Wildman–Crippen LogP) is 6.98. The van der Waals surface area contributed by atoms with Crippen LogP contribution < -0.4 is 14.9 Å². The summed E-state index contributed by atoms with van der Waals surface area (Å²) in [5.74, 6) is 1.36. The molecule has 0 bridgehead atoms. The Morgan fingerprint density at radius 2 is 1.94 bits per heavy atom. The van der Waals surface area contributed by atoms with Crippen molar-refractivity contribution in [2.24, 2.45) is 5.10 Å². The maximum absolute atomic E-state index is 6.25. The quantitative estimate of drug-likeness (QED) is 0.143. The van der Waals surface area contributed by atoms with Gasteiger partial charge in [0.25, 0.3) is 0 Å². The molecule has 1 aromatic heterocycles. The number of halogens is 2. The molecule has 0 saturated heterocycles. The number of benzene rings is 3. The van der Waals surface area contributed by atoms with Crippen molar-refractivity contribution in [1.82, 2.24) is 4.98 Å². The van der Waals surface area contributed by atoms with Gasteiger partial charge in [-0.2, -0.15) is 5.10 Å². The number of anilines is 1. The lowest BCUT2D eigenvalue weighted by Gasteiger charge is -2.15. The Kier molecular flexibility index (Phi) is 7.26. The van der Waals surface area contributed by atoms with Gasteiger partial charge in [-0.25, -0.2) is 4.98 Å². The van der Waals surface area contributed by atoms with Crippen LogP contribution in [-0.2, 0) is 6.61 Å². The lowest BCUT2D eigenvalue weighted by molar-refractivity contribution is 0.267. The zero-order valence-corrected chi connectivity index (χ0v) is 20.4. The van der Waals surface area contributed by atoms with Crippen LogP contribution in [0.5, 0.6) is 11.5 Å². The predicted molar refractivity (Wildman–Crippen MR) is 137 cm³/mol. The Morgan fingerprint density at radius 1 is 1.13 bits per heavy atom. The summed E-state index contributed by atoms with van der Waals surface area (Å²) in [5.41, 5.74) is 5.78. The van der Waals surface area contributed by atoms with Crippen molar-refractivity contribution in [3.63, 3.8) is 0 Å². The molecule has 8 heteroatoms. The number of fused-ring (bicyclic) bond motifs is 1. The van der Waals surface area contributed by atoms with Crippen LogP contribution in [0, 0.1) is 3.57 Å². The van der Waals surface area contributed by atoms with Crippen LogP contribution in [0.15, 0.2) is 65.8 Å². The number of nitrogens with one attached hydrogen (secondary N) is 1. The van der Waals surface area contributed by atoms with Gasteiger partial charge >= 0.3 is 0 Å². The smallest absolute Gasteiger partial charge is 0.204 e. The third-order valence-electron chi connectivity index (χ3n) is 4.33. The molecule has 158 valence electrons. The second-order valence-corrected chi connectivity index (χ2v) is 9.10. The van der Waals surface area contributed by atoms with Gasteiger partial charge in [0.15, 0.2) is 11.5 Å². The maximum Gasteiger partial charge on any atom is 0.204 e. The molecule has 0 saturated carbocycles. The average Bonchev–Trinajstić information content (AvgIpc) is 3.17. The highest BCUT2D eigenvalue weighted by Gasteiger charge is 2.13. The van der Waals surface area contributed by atoms with Gasteiger partial charge in [-0.15, -0.1) is 0 Å². The van der Waals surface area contributed by atoms with Gasteiger partial charge < -0.3 is 9.47 Å². The fraction of sp³-hybridized carbons (Fsp3) is 0.130. The lowest BCUT2D eigenvalue weighted by atomic mass is 10.2. The van der Waals surface area contributed by atoms with Crippen molar-refractivity contribution >= 4 is 67.1 Å². The normalized spacial score (nSPS) is 11.2. The number of hydrogen-bond acceptors (Lipinski definition) is 6. The summed E-state index contributed by atoms with van der Waals surface area (Å²) in [6.07, 6.45) is 1.74. The number of aromatic nitrogens is 1. The molecule has 3 aromatic carbocycles. The molecular weight excluding hydrogens is 545 g/mol. The first kappa shape index (κ1) is 21.9. The van der Waals surface area contributed by atoms with E-state index in [1.54, 1.807) is 17.6 Å². The Bertz CT molecular complexity index is 1200. The van der Waals surface area contributed by atoms with Crippen LogP contribution in [0.1, 0.15) is 18.1 Å². The van der Waals surface area contributed by atoms with E-state index >= 15 is 0 Å².